The summed E-state index contributed by atoms with van der Waals surface area (Å²) in [5, 5.41) is 14.1. The summed E-state index contributed by atoms with van der Waals surface area (Å²) in [5.41, 5.74) is 0.126. The van der Waals surface area contributed by atoms with Crippen LogP contribution in [0.3, 0.4) is 0 Å². The molecule has 0 unspecified atom stereocenters. The summed E-state index contributed by atoms with van der Waals surface area (Å²) in [6.07, 6.45) is 1.30. The minimum absolute atomic E-state index is 0.0327. The summed E-state index contributed by atoms with van der Waals surface area (Å²) in [5.74, 6) is 0.378. The Labute approximate surface area is 116 Å². The van der Waals surface area contributed by atoms with Gasteiger partial charge >= 0.3 is 5.69 Å². The van der Waals surface area contributed by atoms with Crippen LogP contribution in [-0.2, 0) is 4.74 Å². The normalized spacial score (nSPS) is 15.9. The van der Waals surface area contributed by atoms with Gasteiger partial charge in [0.05, 0.1) is 18.1 Å². The summed E-state index contributed by atoms with van der Waals surface area (Å²) in [4.78, 5) is 18.8. The van der Waals surface area contributed by atoms with Crippen LogP contribution in [-0.4, -0.2) is 40.8 Å². The molecule has 0 bridgehead atoms. The molecule has 0 aromatic carbocycles. The number of nitrogens with one attached hydrogen (secondary N) is 1. The highest BCUT2D eigenvalue weighted by Gasteiger charge is 2.27. The first-order valence-corrected chi connectivity index (χ1v) is 6.63. The third-order valence-corrected chi connectivity index (χ3v) is 2.99. The average Bonchev–Trinajstić information content (AvgIpc) is 2.39. The van der Waals surface area contributed by atoms with Crippen molar-refractivity contribution in [3.63, 3.8) is 0 Å². The molecule has 0 atom stereocenters. The lowest BCUT2D eigenvalue weighted by Crippen LogP contribution is -2.26. The molecule has 0 aliphatic carbocycles. The fourth-order valence-electron chi connectivity index (χ4n) is 2.02. The van der Waals surface area contributed by atoms with Crippen LogP contribution in [0.1, 0.15) is 25.5 Å². The Morgan fingerprint density at radius 1 is 1.45 bits per heavy atom. The highest BCUT2D eigenvalue weighted by atomic mass is 16.6. The Bertz CT molecular complexity index is 489. The van der Waals surface area contributed by atoms with Gasteiger partial charge in [-0.1, -0.05) is 0 Å². The second-order valence-electron chi connectivity index (χ2n) is 4.50. The van der Waals surface area contributed by atoms with Gasteiger partial charge in [-0.25, -0.2) is 4.98 Å². The molecule has 1 aromatic heterocycles. The maximum Gasteiger partial charge on any atom is 0.352 e. The maximum absolute atomic E-state index is 11.2. The van der Waals surface area contributed by atoms with Crippen LogP contribution in [0, 0.1) is 17.0 Å². The summed E-state index contributed by atoms with van der Waals surface area (Å²) in [7, 11) is 0. The van der Waals surface area contributed by atoms with Crippen molar-refractivity contribution in [3.8, 4) is 5.88 Å². The first-order chi connectivity index (χ1) is 9.61. The Kier molecular flexibility index (Phi) is 4.67. The molecular weight excluding hydrogens is 264 g/mol. The van der Waals surface area contributed by atoms with Gasteiger partial charge in [0.2, 0.25) is 5.95 Å². The van der Waals surface area contributed by atoms with E-state index < -0.39 is 4.92 Å². The van der Waals surface area contributed by atoms with Gasteiger partial charge in [0.15, 0.2) is 0 Å². The molecule has 8 heteroatoms. The zero-order valence-electron chi connectivity index (χ0n) is 11.6. The number of nitro groups is 1. The average molecular weight is 282 g/mol. The van der Waals surface area contributed by atoms with E-state index in [2.05, 4.69) is 15.3 Å². The van der Waals surface area contributed by atoms with Crippen molar-refractivity contribution in [3.05, 3.63) is 15.8 Å². The quantitative estimate of drug-likeness (QED) is 0.647. The van der Waals surface area contributed by atoms with E-state index in [1.165, 1.54) is 0 Å². The zero-order valence-corrected chi connectivity index (χ0v) is 11.6. The minimum atomic E-state index is -0.500. The lowest BCUT2D eigenvalue weighted by atomic mass is 10.1. The van der Waals surface area contributed by atoms with Crippen molar-refractivity contribution in [1.82, 2.24) is 9.97 Å². The summed E-state index contributed by atoms with van der Waals surface area (Å²) < 4.78 is 10.9. The maximum atomic E-state index is 11.2. The lowest BCUT2D eigenvalue weighted by Gasteiger charge is -2.22. The number of ether oxygens (including phenoxy) is 2. The van der Waals surface area contributed by atoms with Gasteiger partial charge in [-0.15, -0.1) is 0 Å². The van der Waals surface area contributed by atoms with Gasteiger partial charge in [0.25, 0.3) is 5.88 Å². The minimum Gasteiger partial charge on any atom is -0.469 e. The molecule has 0 amide bonds. The zero-order chi connectivity index (χ0) is 14.5. The van der Waals surface area contributed by atoms with Gasteiger partial charge in [0, 0.05) is 19.4 Å². The third-order valence-electron chi connectivity index (χ3n) is 2.99. The van der Waals surface area contributed by atoms with Crippen molar-refractivity contribution in [2.75, 3.05) is 25.1 Å². The van der Waals surface area contributed by atoms with Crippen LogP contribution in [0.25, 0.3) is 0 Å². The highest BCUT2D eigenvalue weighted by molar-refractivity contribution is 5.48. The topological polar surface area (TPSA) is 99.4 Å². The number of aromatic nitrogens is 2. The van der Waals surface area contributed by atoms with E-state index in [9.17, 15) is 10.1 Å². The van der Waals surface area contributed by atoms with E-state index >= 15 is 0 Å². The Morgan fingerprint density at radius 3 is 2.75 bits per heavy atom. The molecule has 8 nitrogen and oxygen atoms in total. The largest absolute Gasteiger partial charge is 0.469 e. The van der Waals surface area contributed by atoms with Crippen molar-refractivity contribution >= 4 is 11.6 Å². The summed E-state index contributed by atoms with van der Waals surface area (Å²) in [6, 6.07) is 0. The van der Waals surface area contributed by atoms with Gasteiger partial charge in [-0.2, -0.15) is 4.98 Å². The molecule has 110 valence electrons. The lowest BCUT2D eigenvalue weighted by molar-refractivity contribution is -0.387. The third kappa shape index (κ3) is 3.32. The molecule has 2 rings (SSSR count). The fraction of sp³-hybridized carbons (Fsp3) is 0.667. The molecule has 1 aliphatic heterocycles. The first kappa shape index (κ1) is 14.4. The van der Waals surface area contributed by atoms with Crippen LogP contribution in [0.4, 0.5) is 11.6 Å². The Morgan fingerprint density at radius 2 is 2.15 bits per heavy atom. The van der Waals surface area contributed by atoms with Gasteiger partial charge in [-0.3, -0.25) is 10.1 Å². The van der Waals surface area contributed by atoms with E-state index in [1.54, 1.807) is 6.92 Å². The van der Waals surface area contributed by atoms with E-state index in [0.29, 0.717) is 44.2 Å². The van der Waals surface area contributed by atoms with Crippen LogP contribution in [0.2, 0.25) is 0 Å². The molecule has 0 saturated carbocycles. The summed E-state index contributed by atoms with van der Waals surface area (Å²) in [6.45, 7) is 5.32. The Balaban J connectivity index is 2.28. The molecule has 1 fully saturated rings. The second kappa shape index (κ2) is 6.47. The number of aryl methyl sites for hydroxylation is 1. The highest BCUT2D eigenvalue weighted by Crippen LogP contribution is 2.30. The van der Waals surface area contributed by atoms with Crippen molar-refractivity contribution in [2.24, 2.45) is 0 Å². The molecule has 20 heavy (non-hydrogen) atoms. The van der Waals surface area contributed by atoms with Gasteiger partial charge < -0.3 is 14.8 Å². The molecular formula is C12H18N4O4. The Hall–Kier alpha value is -1.96. The van der Waals surface area contributed by atoms with E-state index in [1.807, 2.05) is 6.92 Å². The SMILES string of the molecule is CCNc1nc(C)c([N+](=O)[O-])c(OC2CCOCC2)n1. The molecule has 1 N–H and O–H groups in total. The molecule has 1 aliphatic rings. The van der Waals surface area contributed by atoms with Crippen LogP contribution in [0.15, 0.2) is 0 Å². The number of anilines is 1. The van der Waals surface area contributed by atoms with Crippen molar-refractivity contribution in [2.45, 2.75) is 32.8 Å². The number of nitrogens with zero attached hydrogens (tertiary/aromatic N) is 3. The second-order valence-corrected chi connectivity index (χ2v) is 4.50. The molecule has 1 aromatic rings. The summed E-state index contributed by atoms with van der Waals surface area (Å²) >= 11 is 0. The fourth-order valence-corrected chi connectivity index (χ4v) is 2.02. The molecule has 0 spiro atoms. The molecule has 0 radical (unpaired) electrons. The first-order valence-electron chi connectivity index (χ1n) is 6.63. The van der Waals surface area contributed by atoms with Gasteiger partial charge in [-0.05, 0) is 13.8 Å². The monoisotopic (exact) mass is 282 g/mol. The smallest absolute Gasteiger partial charge is 0.352 e. The van der Waals surface area contributed by atoms with Crippen LogP contribution < -0.4 is 10.1 Å². The number of hydrogen-bond donors (Lipinski definition) is 1. The standard InChI is InChI=1S/C12H18N4O4/c1-3-13-12-14-8(2)10(16(17)18)11(15-12)20-9-4-6-19-7-5-9/h9H,3-7H2,1-2H3,(H,13,14,15). The van der Waals surface area contributed by atoms with Gasteiger partial charge in [0.1, 0.15) is 11.8 Å². The van der Waals surface area contributed by atoms with Crippen LogP contribution in [0.5, 0.6) is 5.88 Å². The van der Waals surface area contributed by atoms with E-state index in [4.69, 9.17) is 9.47 Å². The predicted octanol–water partition coefficient (Wildman–Crippen LogP) is 1.68. The predicted molar refractivity (Wildman–Crippen MR) is 72.1 cm³/mol. The van der Waals surface area contributed by atoms with E-state index in [0.717, 1.165) is 0 Å². The molecule has 1 saturated heterocycles. The van der Waals surface area contributed by atoms with Crippen molar-refractivity contribution < 1.29 is 14.4 Å². The molecule has 2 heterocycles. The van der Waals surface area contributed by atoms with E-state index in [-0.39, 0.29) is 17.7 Å². The number of rotatable bonds is 5. The van der Waals surface area contributed by atoms with Crippen molar-refractivity contribution in [1.29, 1.82) is 0 Å². The number of hydrogen-bond acceptors (Lipinski definition) is 7. The van der Waals surface area contributed by atoms with Crippen LogP contribution >= 0.6 is 0 Å².